The first kappa shape index (κ1) is 13.7. The first-order valence-electron chi connectivity index (χ1n) is 7.94. The Balaban J connectivity index is 1.78. The molecule has 3 rings (SSSR count). The normalized spacial score (nSPS) is 29.6. The lowest BCUT2D eigenvalue weighted by atomic mass is 9.81. The third-order valence-electron chi connectivity index (χ3n) is 4.52. The zero-order chi connectivity index (χ0) is 14.1. The van der Waals surface area contributed by atoms with Crippen LogP contribution in [0, 0.1) is 0 Å². The van der Waals surface area contributed by atoms with Crippen molar-refractivity contribution in [2.24, 2.45) is 5.73 Å². The molecular formula is C17H26N2O. The summed E-state index contributed by atoms with van der Waals surface area (Å²) in [6.07, 6.45) is 6.44. The van der Waals surface area contributed by atoms with Crippen molar-refractivity contribution in [1.29, 1.82) is 0 Å². The quantitative estimate of drug-likeness (QED) is 0.919. The van der Waals surface area contributed by atoms with Crippen molar-refractivity contribution in [3.63, 3.8) is 0 Å². The summed E-state index contributed by atoms with van der Waals surface area (Å²) in [5.74, 6) is 0.961. The Labute approximate surface area is 122 Å². The molecule has 2 bridgehead atoms. The van der Waals surface area contributed by atoms with Gasteiger partial charge in [0.2, 0.25) is 0 Å². The topological polar surface area (TPSA) is 38.5 Å². The Hall–Kier alpha value is -1.22. The van der Waals surface area contributed by atoms with E-state index in [0.717, 1.165) is 18.6 Å². The Kier molecular flexibility index (Phi) is 3.88. The van der Waals surface area contributed by atoms with E-state index in [9.17, 15) is 0 Å². The highest BCUT2D eigenvalue weighted by Gasteiger charge is 2.36. The molecule has 2 unspecified atom stereocenters. The van der Waals surface area contributed by atoms with Crippen molar-refractivity contribution in [2.75, 3.05) is 4.90 Å². The van der Waals surface area contributed by atoms with Gasteiger partial charge < -0.3 is 15.4 Å². The van der Waals surface area contributed by atoms with Crippen LogP contribution in [0.1, 0.15) is 46.0 Å². The molecule has 3 heteroatoms. The van der Waals surface area contributed by atoms with E-state index in [-0.39, 0.29) is 6.10 Å². The van der Waals surface area contributed by atoms with E-state index in [0.29, 0.717) is 18.1 Å². The van der Waals surface area contributed by atoms with E-state index in [1.165, 1.54) is 24.9 Å². The van der Waals surface area contributed by atoms with Crippen LogP contribution in [0.25, 0.3) is 0 Å². The summed E-state index contributed by atoms with van der Waals surface area (Å²) in [7, 11) is 0. The second-order valence-corrected chi connectivity index (χ2v) is 6.54. The highest BCUT2D eigenvalue weighted by Crippen LogP contribution is 2.37. The molecular weight excluding hydrogens is 248 g/mol. The van der Waals surface area contributed by atoms with Gasteiger partial charge in [-0.2, -0.15) is 0 Å². The molecule has 3 nitrogen and oxygen atoms in total. The van der Waals surface area contributed by atoms with Crippen molar-refractivity contribution >= 4 is 5.69 Å². The van der Waals surface area contributed by atoms with Gasteiger partial charge in [0.1, 0.15) is 5.75 Å². The van der Waals surface area contributed by atoms with Crippen LogP contribution in [-0.4, -0.2) is 24.2 Å². The molecule has 20 heavy (non-hydrogen) atoms. The van der Waals surface area contributed by atoms with Crippen LogP contribution < -0.4 is 15.4 Å². The van der Waals surface area contributed by atoms with Crippen molar-refractivity contribution in [3.8, 4) is 5.75 Å². The van der Waals surface area contributed by atoms with Gasteiger partial charge in [0.15, 0.2) is 0 Å². The number of rotatable bonds is 3. The van der Waals surface area contributed by atoms with Gasteiger partial charge in [-0.3, -0.25) is 0 Å². The number of fused-ring (bicyclic) bond motifs is 2. The van der Waals surface area contributed by atoms with Crippen molar-refractivity contribution in [1.82, 2.24) is 0 Å². The maximum atomic E-state index is 6.20. The molecule has 0 spiro atoms. The van der Waals surface area contributed by atoms with Gasteiger partial charge in [0, 0.05) is 23.8 Å². The minimum Gasteiger partial charge on any atom is -0.491 e. The molecule has 0 amide bonds. The van der Waals surface area contributed by atoms with Crippen LogP contribution in [-0.2, 0) is 0 Å². The van der Waals surface area contributed by atoms with Crippen molar-refractivity contribution in [3.05, 3.63) is 24.3 Å². The second kappa shape index (κ2) is 5.65. The first-order chi connectivity index (χ1) is 9.63. The molecule has 2 atom stereocenters. The number of benzene rings is 1. The third kappa shape index (κ3) is 2.78. The summed E-state index contributed by atoms with van der Waals surface area (Å²) < 4.78 is 5.73. The zero-order valence-electron chi connectivity index (χ0n) is 12.6. The van der Waals surface area contributed by atoms with Crippen LogP contribution in [0.2, 0.25) is 0 Å². The van der Waals surface area contributed by atoms with Gasteiger partial charge in [-0.25, -0.2) is 0 Å². The largest absolute Gasteiger partial charge is 0.491 e. The minimum atomic E-state index is 0.230. The van der Waals surface area contributed by atoms with Gasteiger partial charge >= 0.3 is 0 Å². The van der Waals surface area contributed by atoms with Crippen LogP contribution in [0.5, 0.6) is 5.75 Å². The van der Waals surface area contributed by atoms with Gasteiger partial charge in [0.05, 0.1) is 6.10 Å². The smallest absolute Gasteiger partial charge is 0.119 e. The Morgan fingerprint density at radius 3 is 2.25 bits per heavy atom. The molecule has 0 radical (unpaired) electrons. The molecule has 1 aromatic carbocycles. The lowest BCUT2D eigenvalue weighted by molar-refractivity contribution is 0.242. The molecule has 0 aliphatic carbocycles. The Morgan fingerprint density at radius 2 is 1.70 bits per heavy atom. The zero-order valence-corrected chi connectivity index (χ0v) is 12.6. The van der Waals surface area contributed by atoms with Gasteiger partial charge in [-0.05, 0) is 70.2 Å². The molecule has 2 aliphatic heterocycles. The Morgan fingerprint density at radius 1 is 1.10 bits per heavy atom. The summed E-state index contributed by atoms with van der Waals surface area (Å²) in [6, 6.07) is 10.3. The fourth-order valence-electron chi connectivity index (χ4n) is 3.81. The van der Waals surface area contributed by atoms with E-state index < -0.39 is 0 Å². The van der Waals surface area contributed by atoms with Crippen LogP contribution in [0.4, 0.5) is 5.69 Å². The average Bonchev–Trinajstić information content (AvgIpc) is 2.38. The molecule has 2 fully saturated rings. The van der Waals surface area contributed by atoms with Crippen LogP contribution in [0.15, 0.2) is 24.3 Å². The third-order valence-corrected chi connectivity index (χ3v) is 4.52. The lowest BCUT2D eigenvalue weighted by Crippen LogP contribution is -2.55. The van der Waals surface area contributed by atoms with E-state index in [2.05, 4.69) is 43.0 Å². The number of anilines is 1. The lowest BCUT2D eigenvalue weighted by Gasteiger charge is -2.49. The molecule has 110 valence electrons. The second-order valence-electron chi connectivity index (χ2n) is 6.54. The summed E-state index contributed by atoms with van der Waals surface area (Å²) in [5, 5.41) is 0. The standard InChI is InChI=1S/C17H26N2O/c1-12(2)20-17-8-6-14(7-9-17)19-15-4-3-5-16(19)11-13(18)10-15/h6-9,12-13,15-16H,3-5,10-11,18H2,1-2H3. The van der Waals surface area contributed by atoms with Gasteiger partial charge in [-0.1, -0.05) is 0 Å². The minimum absolute atomic E-state index is 0.230. The van der Waals surface area contributed by atoms with Crippen molar-refractivity contribution < 1.29 is 4.74 Å². The maximum Gasteiger partial charge on any atom is 0.119 e. The van der Waals surface area contributed by atoms with E-state index in [1.54, 1.807) is 0 Å². The summed E-state index contributed by atoms with van der Waals surface area (Å²) in [4.78, 5) is 2.62. The monoisotopic (exact) mass is 274 g/mol. The van der Waals surface area contributed by atoms with Gasteiger partial charge in [-0.15, -0.1) is 0 Å². The molecule has 2 heterocycles. The number of hydrogen-bond acceptors (Lipinski definition) is 3. The molecule has 2 N–H and O–H groups in total. The number of ether oxygens (including phenoxy) is 1. The fourth-order valence-corrected chi connectivity index (χ4v) is 3.81. The van der Waals surface area contributed by atoms with E-state index >= 15 is 0 Å². The fraction of sp³-hybridized carbons (Fsp3) is 0.647. The van der Waals surface area contributed by atoms with Crippen LogP contribution in [0.3, 0.4) is 0 Å². The summed E-state index contributed by atoms with van der Waals surface area (Å²) >= 11 is 0. The summed E-state index contributed by atoms with van der Waals surface area (Å²) in [5.41, 5.74) is 7.53. The highest BCUT2D eigenvalue weighted by atomic mass is 16.5. The first-order valence-corrected chi connectivity index (χ1v) is 7.94. The van der Waals surface area contributed by atoms with E-state index in [1.807, 2.05) is 0 Å². The summed E-state index contributed by atoms with van der Waals surface area (Å²) in [6.45, 7) is 4.12. The number of nitrogens with two attached hydrogens (primary N) is 1. The number of piperidine rings is 2. The number of hydrogen-bond donors (Lipinski definition) is 1. The predicted octanol–water partition coefficient (Wildman–Crippen LogP) is 3.32. The Bertz CT molecular complexity index is 429. The van der Waals surface area contributed by atoms with E-state index in [4.69, 9.17) is 10.5 Å². The highest BCUT2D eigenvalue weighted by molar-refractivity contribution is 5.52. The van der Waals surface area contributed by atoms with Crippen molar-refractivity contribution in [2.45, 2.75) is 70.2 Å². The maximum absolute atomic E-state index is 6.20. The average molecular weight is 274 g/mol. The molecule has 0 saturated carbocycles. The molecule has 2 saturated heterocycles. The predicted molar refractivity (Wildman–Crippen MR) is 83.3 cm³/mol. The molecule has 1 aromatic rings. The SMILES string of the molecule is CC(C)Oc1ccc(N2C3CCCC2CC(N)C3)cc1. The van der Waals surface area contributed by atoms with Crippen LogP contribution >= 0.6 is 0 Å². The molecule has 2 aliphatic rings. The van der Waals surface area contributed by atoms with Gasteiger partial charge in [0.25, 0.3) is 0 Å². The number of nitrogens with zero attached hydrogens (tertiary/aromatic N) is 1. The molecule has 0 aromatic heterocycles.